The number of aliphatic carboxylic acids is 1. The van der Waals surface area contributed by atoms with E-state index in [1.165, 1.54) is 27.7 Å². The Labute approximate surface area is 229 Å². The van der Waals surface area contributed by atoms with Crippen LogP contribution in [0.4, 0.5) is 0 Å². The molecular weight excluding hydrogens is 528 g/mol. The van der Waals surface area contributed by atoms with Crippen molar-refractivity contribution in [1.82, 2.24) is 40.6 Å². The van der Waals surface area contributed by atoms with Crippen LogP contribution in [0.3, 0.4) is 0 Å². The fourth-order valence-electron chi connectivity index (χ4n) is 6.29. The number of tetrazole rings is 1. The van der Waals surface area contributed by atoms with Crippen LogP contribution < -0.4 is 22.1 Å². The van der Waals surface area contributed by atoms with E-state index in [0.29, 0.717) is 37.4 Å². The SMILES string of the molecule is CC(NC(=O)Cn1cnnn1)[C@H]1C(=O)N2C(C(=O)O)=C(S[C@@H]3CN[C@H](C(=O)N4C[C@H](N)C[C@@H]4CN)C3)[C@H](C)[C@H]12. The number of carboxylic acids is 1. The smallest absolute Gasteiger partial charge is 0.353 e. The number of carbonyl (C=O) groups is 4. The molecule has 0 aromatic carbocycles. The van der Waals surface area contributed by atoms with Gasteiger partial charge in [-0.1, -0.05) is 6.92 Å². The van der Waals surface area contributed by atoms with Crippen molar-refractivity contribution in [2.75, 3.05) is 19.6 Å². The lowest BCUT2D eigenvalue weighted by Crippen LogP contribution is -2.66. The first-order chi connectivity index (χ1) is 18.6. The third-order valence-corrected chi connectivity index (χ3v) is 9.61. The first kappa shape index (κ1) is 27.5. The molecule has 0 bridgehead atoms. The van der Waals surface area contributed by atoms with Crippen LogP contribution in [-0.4, -0.2) is 114 Å². The zero-order valence-corrected chi connectivity index (χ0v) is 22.6. The fourth-order valence-corrected chi connectivity index (χ4v) is 7.77. The molecule has 0 radical (unpaired) electrons. The van der Waals surface area contributed by atoms with E-state index < -0.39 is 24.0 Å². The number of likely N-dealkylation sites (tertiary alicyclic amines) is 1. The molecule has 1 aromatic heterocycles. The standard InChI is InChI=1S/C23H34N10O5S/c1-10-18-17(11(2)28-16(34)8-31-9-27-29-30-31)22(36)33(18)19(23(37)38)20(10)39-14-4-15(26-6-14)21(35)32-7-12(25)3-13(32)5-24/h9-15,17-18,26H,3-8,24-25H2,1-2H3,(H,28,34)(H,37,38)/t10-,11?,12-,13-,14+,15+,17-,18-/m1/s1. The number of amides is 3. The van der Waals surface area contributed by atoms with Gasteiger partial charge in [0.05, 0.1) is 18.0 Å². The van der Waals surface area contributed by atoms with Gasteiger partial charge in [-0.25, -0.2) is 9.48 Å². The van der Waals surface area contributed by atoms with E-state index in [1.807, 2.05) is 6.92 Å². The second-order valence-electron chi connectivity index (χ2n) is 10.7. The Morgan fingerprint density at radius 1 is 1.33 bits per heavy atom. The molecule has 4 aliphatic rings. The van der Waals surface area contributed by atoms with Crippen molar-refractivity contribution in [3.63, 3.8) is 0 Å². The van der Waals surface area contributed by atoms with Crippen molar-refractivity contribution in [2.45, 2.75) is 68.7 Å². The van der Waals surface area contributed by atoms with Gasteiger partial charge in [-0.3, -0.25) is 14.4 Å². The molecule has 212 valence electrons. The van der Waals surface area contributed by atoms with E-state index in [9.17, 15) is 24.3 Å². The molecule has 5 heterocycles. The summed E-state index contributed by atoms with van der Waals surface area (Å²) in [5.74, 6) is -2.67. The number of nitrogens with zero attached hydrogens (tertiary/aromatic N) is 6. The number of carbonyl (C=O) groups excluding carboxylic acids is 3. The number of hydrogen-bond acceptors (Lipinski definition) is 11. The topological polar surface area (TPSA) is 215 Å². The number of carboxylic acid groups (broad SMARTS) is 1. The molecule has 39 heavy (non-hydrogen) atoms. The summed E-state index contributed by atoms with van der Waals surface area (Å²) >= 11 is 1.42. The summed E-state index contributed by atoms with van der Waals surface area (Å²) in [7, 11) is 0. The maximum atomic E-state index is 13.2. The Hall–Kier alpha value is -3.08. The normalized spacial score (nSPS) is 32.8. The molecule has 3 saturated heterocycles. The number of nitrogens with two attached hydrogens (primary N) is 2. The van der Waals surface area contributed by atoms with E-state index in [2.05, 4.69) is 26.2 Å². The average Bonchev–Trinajstić information content (AvgIpc) is 3.67. The van der Waals surface area contributed by atoms with Crippen molar-refractivity contribution in [3.8, 4) is 0 Å². The van der Waals surface area contributed by atoms with Crippen LogP contribution >= 0.6 is 11.8 Å². The third kappa shape index (κ3) is 5.01. The van der Waals surface area contributed by atoms with Gasteiger partial charge in [0, 0.05) is 53.8 Å². The van der Waals surface area contributed by atoms with Crippen LogP contribution in [0, 0.1) is 11.8 Å². The van der Waals surface area contributed by atoms with Crippen LogP contribution in [0.1, 0.15) is 26.7 Å². The van der Waals surface area contributed by atoms with E-state index in [0.717, 1.165) is 0 Å². The Kier molecular flexibility index (Phi) is 7.63. The number of thioether (sulfide) groups is 1. The van der Waals surface area contributed by atoms with Crippen LogP contribution in [0.15, 0.2) is 16.9 Å². The highest BCUT2D eigenvalue weighted by molar-refractivity contribution is 8.03. The van der Waals surface area contributed by atoms with E-state index >= 15 is 0 Å². The number of nitrogens with one attached hydrogen (secondary N) is 2. The summed E-state index contributed by atoms with van der Waals surface area (Å²) in [6.45, 7) is 4.93. The van der Waals surface area contributed by atoms with Gasteiger partial charge in [0.2, 0.25) is 17.7 Å². The molecule has 3 fully saturated rings. The minimum atomic E-state index is -1.16. The molecule has 1 unspecified atom stereocenters. The highest BCUT2D eigenvalue weighted by Gasteiger charge is 2.60. The van der Waals surface area contributed by atoms with Gasteiger partial charge in [0.15, 0.2) is 0 Å². The molecule has 8 atom stereocenters. The first-order valence-corrected chi connectivity index (χ1v) is 14.0. The van der Waals surface area contributed by atoms with Gasteiger partial charge >= 0.3 is 5.97 Å². The quantitative estimate of drug-likeness (QED) is 0.194. The molecule has 4 aliphatic heterocycles. The molecule has 5 rings (SSSR count). The summed E-state index contributed by atoms with van der Waals surface area (Å²) in [5.41, 5.74) is 11.9. The van der Waals surface area contributed by atoms with E-state index in [4.69, 9.17) is 11.5 Å². The van der Waals surface area contributed by atoms with Crippen molar-refractivity contribution in [1.29, 1.82) is 0 Å². The van der Waals surface area contributed by atoms with Gasteiger partial charge in [0.1, 0.15) is 18.6 Å². The van der Waals surface area contributed by atoms with Crippen molar-refractivity contribution < 1.29 is 24.3 Å². The average molecular weight is 563 g/mol. The zero-order chi connectivity index (χ0) is 28.0. The number of rotatable bonds is 9. The fraction of sp³-hybridized carbons (Fsp3) is 0.696. The lowest BCUT2D eigenvalue weighted by molar-refractivity contribution is -0.158. The summed E-state index contributed by atoms with van der Waals surface area (Å²) in [6, 6.07) is -1.44. The molecule has 16 heteroatoms. The van der Waals surface area contributed by atoms with E-state index in [-0.39, 0.29) is 59.3 Å². The Balaban J connectivity index is 1.23. The third-order valence-electron chi connectivity index (χ3n) is 8.10. The van der Waals surface area contributed by atoms with Gasteiger partial charge in [-0.2, -0.15) is 0 Å². The second-order valence-corrected chi connectivity index (χ2v) is 12.0. The maximum Gasteiger partial charge on any atom is 0.353 e. The van der Waals surface area contributed by atoms with Crippen LogP contribution in [0.5, 0.6) is 0 Å². The predicted molar refractivity (Wildman–Crippen MR) is 138 cm³/mol. The van der Waals surface area contributed by atoms with Crippen LogP contribution in [-0.2, 0) is 25.7 Å². The lowest BCUT2D eigenvalue weighted by atomic mass is 9.78. The Morgan fingerprint density at radius 2 is 2.10 bits per heavy atom. The van der Waals surface area contributed by atoms with Crippen molar-refractivity contribution in [2.24, 2.45) is 23.3 Å². The summed E-state index contributed by atoms with van der Waals surface area (Å²) < 4.78 is 1.27. The number of β-lactam (4-membered cyclic amide) rings is 1. The number of fused-ring (bicyclic) bond motifs is 1. The summed E-state index contributed by atoms with van der Waals surface area (Å²) in [5, 5.41) is 26.8. The first-order valence-electron chi connectivity index (χ1n) is 13.1. The number of hydrogen-bond donors (Lipinski definition) is 5. The Bertz CT molecular complexity index is 1180. The molecule has 0 saturated carbocycles. The molecule has 15 nitrogen and oxygen atoms in total. The van der Waals surface area contributed by atoms with E-state index in [1.54, 1.807) is 11.8 Å². The second kappa shape index (κ2) is 10.8. The minimum absolute atomic E-state index is 0.00513. The summed E-state index contributed by atoms with van der Waals surface area (Å²) in [6.07, 6.45) is 2.53. The monoisotopic (exact) mass is 562 g/mol. The van der Waals surface area contributed by atoms with Crippen molar-refractivity contribution in [3.05, 3.63) is 16.9 Å². The van der Waals surface area contributed by atoms with Gasteiger partial charge in [0.25, 0.3) is 0 Å². The highest BCUT2D eigenvalue weighted by Crippen LogP contribution is 2.51. The van der Waals surface area contributed by atoms with Gasteiger partial charge in [-0.05, 0) is 30.2 Å². The van der Waals surface area contributed by atoms with Gasteiger partial charge < -0.3 is 37.0 Å². The molecule has 0 aliphatic carbocycles. The van der Waals surface area contributed by atoms with Gasteiger partial charge in [-0.15, -0.1) is 16.9 Å². The summed E-state index contributed by atoms with van der Waals surface area (Å²) in [4.78, 5) is 54.8. The molecule has 3 amide bonds. The largest absolute Gasteiger partial charge is 0.477 e. The zero-order valence-electron chi connectivity index (χ0n) is 21.8. The Morgan fingerprint density at radius 3 is 2.77 bits per heavy atom. The molecule has 7 N–H and O–H groups in total. The molecule has 0 spiro atoms. The highest BCUT2D eigenvalue weighted by atomic mass is 32.2. The van der Waals surface area contributed by atoms with Crippen molar-refractivity contribution >= 4 is 35.5 Å². The van der Waals surface area contributed by atoms with Crippen LogP contribution in [0.2, 0.25) is 0 Å². The maximum absolute atomic E-state index is 13.2. The lowest BCUT2D eigenvalue weighted by Gasteiger charge is -2.47. The van der Waals surface area contributed by atoms with Crippen LogP contribution in [0.25, 0.3) is 0 Å². The predicted octanol–water partition coefficient (Wildman–Crippen LogP) is -2.70. The molecule has 1 aromatic rings. The number of aromatic nitrogens is 4. The minimum Gasteiger partial charge on any atom is -0.477 e. The molecular formula is C23H34N10O5S.